The van der Waals surface area contributed by atoms with Crippen molar-refractivity contribution in [3.05, 3.63) is 29.8 Å². The second kappa shape index (κ2) is 5.12. The molecule has 96 valence electrons. The zero-order valence-electron chi connectivity index (χ0n) is 9.78. The zero-order valence-corrected chi connectivity index (χ0v) is 9.78. The van der Waals surface area contributed by atoms with Crippen molar-refractivity contribution in [2.45, 2.75) is 19.9 Å². The van der Waals surface area contributed by atoms with Crippen LogP contribution in [0.1, 0.15) is 18.9 Å². The molecule has 0 radical (unpaired) electrons. The van der Waals surface area contributed by atoms with Gasteiger partial charge in [-0.3, -0.25) is 4.79 Å². The number of amides is 1. The number of benzene rings is 1. The van der Waals surface area contributed by atoms with Crippen molar-refractivity contribution in [3.63, 3.8) is 0 Å². The van der Waals surface area contributed by atoms with Gasteiger partial charge in [0.2, 0.25) is 5.91 Å². The molecule has 0 saturated carbocycles. The monoisotopic (exact) mass is 253 g/mol. The first kappa shape index (κ1) is 12.5. The van der Waals surface area contributed by atoms with E-state index in [0.29, 0.717) is 12.1 Å². The summed E-state index contributed by atoms with van der Waals surface area (Å²) in [5, 5.41) is 6.01. The highest BCUT2D eigenvalue weighted by molar-refractivity contribution is 6.05. The molecule has 1 aliphatic rings. The molecule has 1 aromatic rings. The minimum atomic E-state index is -2.58. The van der Waals surface area contributed by atoms with E-state index in [0.717, 1.165) is 11.3 Å². The van der Waals surface area contributed by atoms with Gasteiger partial charge in [-0.05, 0) is 17.7 Å². The maximum atomic E-state index is 12.1. The third-order valence-electron chi connectivity index (χ3n) is 2.72. The number of nitrogens with zero attached hydrogens (tertiary/aromatic N) is 1. The average molecular weight is 253 g/mol. The lowest BCUT2D eigenvalue weighted by atomic mass is 9.94. The normalized spacial score (nSPS) is 19.4. The third-order valence-corrected chi connectivity index (χ3v) is 2.72. The summed E-state index contributed by atoms with van der Waals surface area (Å²) in [6.45, 7) is -0.677. The van der Waals surface area contributed by atoms with Gasteiger partial charge in [-0.25, -0.2) is 5.43 Å². The lowest BCUT2D eigenvalue weighted by Gasteiger charge is -2.19. The maximum Gasteiger partial charge on any atom is 0.312 e. The summed E-state index contributed by atoms with van der Waals surface area (Å²) in [6, 6.07) is 6.54. The van der Waals surface area contributed by atoms with Crippen molar-refractivity contribution in [2.75, 3.05) is 5.32 Å². The van der Waals surface area contributed by atoms with Gasteiger partial charge in [0.05, 0.1) is 5.71 Å². The van der Waals surface area contributed by atoms with Crippen LogP contribution in [0.5, 0.6) is 0 Å². The number of carbonyl (C=O) groups is 1. The molecule has 1 aromatic carbocycles. The quantitative estimate of drug-likeness (QED) is 0.811. The molecule has 0 aliphatic carbocycles. The molecule has 4 nitrogen and oxygen atoms in total. The van der Waals surface area contributed by atoms with E-state index in [9.17, 15) is 13.6 Å². The van der Waals surface area contributed by atoms with Crippen LogP contribution < -0.4 is 10.7 Å². The van der Waals surface area contributed by atoms with E-state index < -0.39 is 6.55 Å². The fourth-order valence-electron chi connectivity index (χ4n) is 1.87. The second-order valence-electron chi connectivity index (χ2n) is 4.16. The molecule has 1 aliphatic heterocycles. The first-order chi connectivity index (χ1) is 8.56. The van der Waals surface area contributed by atoms with Crippen LogP contribution in [0.2, 0.25) is 0 Å². The van der Waals surface area contributed by atoms with Gasteiger partial charge < -0.3 is 5.32 Å². The van der Waals surface area contributed by atoms with E-state index in [-0.39, 0.29) is 11.8 Å². The first-order valence-corrected chi connectivity index (χ1v) is 5.58. The number of halogens is 2. The van der Waals surface area contributed by atoms with E-state index in [1.165, 1.54) is 0 Å². The average Bonchev–Trinajstić information content (AvgIpc) is 2.30. The Hall–Kier alpha value is -1.98. The van der Waals surface area contributed by atoms with Gasteiger partial charge in [0.1, 0.15) is 0 Å². The minimum absolute atomic E-state index is 0.0210. The Bertz CT molecular complexity index is 471. The van der Waals surface area contributed by atoms with Crippen molar-refractivity contribution >= 4 is 17.3 Å². The topological polar surface area (TPSA) is 53.5 Å². The van der Waals surface area contributed by atoms with E-state index in [1.807, 2.05) is 12.2 Å². The standard InChI is InChI=1S/C12H13F2N3O/c1-7-6-10(18)16-17-11(7)8-2-4-9(5-3-8)15-12(13)14/h2-5,7,12,15H,6H2,1H3,(H,16,18). The summed E-state index contributed by atoms with van der Waals surface area (Å²) in [4.78, 5) is 11.1. The Balaban J connectivity index is 2.17. The molecule has 2 rings (SSSR count). The number of rotatable bonds is 3. The van der Waals surface area contributed by atoms with Gasteiger partial charge in [-0.2, -0.15) is 13.9 Å². The predicted molar refractivity (Wildman–Crippen MR) is 64.5 cm³/mol. The molecule has 2 N–H and O–H groups in total. The van der Waals surface area contributed by atoms with Crippen LogP contribution in [0.25, 0.3) is 0 Å². The summed E-state index contributed by atoms with van der Waals surface area (Å²) in [5.74, 6) is -0.0881. The number of anilines is 1. The highest BCUT2D eigenvalue weighted by atomic mass is 19.3. The van der Waals surface area contributed by atoms with Gasteiger partial charge in [-0.1, -0.05) is 19.1 Å². The van der Waals surface area contributed by atoms with Crippen molar-refractivity contribution < 1.29 is 13.6 Å². The van der Waals surface area contributed by atoms with E-state index in [2.05, 4.69) is 10.5 Å². The fraction of sp³-hybridized carbons (Fsp3) is 0.333. The van der Waals surface area contributed by atoms with Crippen LogP contribution in [0, 0.1) is 5.92 Å². The Kier molecular flexibility index (Phi) is 3.55. The highest BCUT2D eigenvalue weighted by Crippen LogP contribution is 2.18. The third kappa shape index (κ3) is 2.82. The molecule has 18 heavy (non-hydrogen) atoms. The van der Waals surface area contributed by atoms with Crippen LogP contribution in [0.15, 0.2) is 29.4 Å². The Morgan fingerprint density at radius 2 is 2.06 bits per heavy atom. The number of nitrogens with one attached hydrogen (secondary N) is 2. The van der Waals surface area contributed by atoms with Crippen molar-refractivity contribution in [3.8, 4) is 0 Å². The van der Waals surface area contributed by atoms with Gasteiger partial charge >= 0.3 is 6.55 Å². The first-order valence-electron chi connectivity index (χ1n) is 5.58. The number of carbonyl (C=O) groups excluding carboxylic acids is 1. The van der Waals surface area contributed by atoms with Crippen molar-refractivity contribution in [1.82, 2.24) is 5.43 Å². The summed E-state index contributed by atoms with van der Waals surface area (Å²) in [6.07, 6.45) is 0.385. The van der Waals surface area contributed by atoms with E-state index >= 15 is 0 Å². The number of hydrogen-bond acceptors (Lipinski definition) is 3. The van der Waals surface area contributed by atoms with Gasteiger partial charge in [-0.15, -0.1) is 0 Å². The molecule has 0 saturated heterocycles. The maximum absolute atomic E-state index is 12.1. The van der Waals surface area contributed by atoms with Crippen LogP contribution in [-0.2, 0) is 4.79 Å². The number of hydrazone groups is 1. The Morgan fingerprint density at radius 1 is 1.39 bits per heavy atom. The SMILES string of the molecule is CC1CC(=O)NN=C1c1ccc(NC(F)F)cc1. The molecule has 0 spiro atoms. The number of hydrogen-bond donors (Lipinski definition) is 2. The van der Waals surface area contributed by atoms with Crippen LogP contribution in [0.3, 0.4) is 0 Å². The van der Waals surface area contributed by atoms with Gasteiger partial charge in [0, 0.05) is 18.0 Å². The van der Waals surface area contributed by atoms with E-state index in [4.69, 9.17) is 0 Å². The van der Waals surface area contributed by atoms with Crippen molar-refractivity contribution in [2.24, 2.45) is 11.0 Å². The highest BCUT2D eigenvalue weighted by Gasteiger charge is 2.21. The summed E-state index contributed by atoms with van der Waals surface area (Å²) >= 11 is 0. The Morgan fingerprint density at radius 3 is 2.61 bits per heavy atom. The van der Waals surface area contributed by atoms with Crippen LogP contribution in [0.4, 0.5) is 14.5 Å². The zero-order chi connectivity index (χ0) is 13.1. The molecule has 0 fully saturated rings. The van der Waals surface area contributed by atoms with Crippen molar-refractivity contribution in [1.29, 1.82) is 0 Å². The molecule has 6 heteroatoms. The van der Waals surface area contributed by atoms with Crippen LogP contribution in [-0.4, -0.2) is 18.2 Å². The molecular formula is C12H13F2N3O. The molecule has 1 heterocycles. The predicted octanol–water partition coefficient (Wildman–Crippen LogP) is 2.18. The summed E-state index contributed by atoms with van der Waals surface area (Å²) in [5.41, 5.74) is 4.35. The molecule has 0 aromatic heterocycles. The summed E-state index contributed by atoms with van der Waals surface area (Å²) < 4.78 is 24.2. The minimum Gasteiger partial charge on any atom is -0.330 e. The molecule has 1 atom stereocenters. The fourth-order valence-corrected chi connectivity index (χ4v) is 1.87. The van der Waals surface area contributed by atoms with Gasteiger partial charge in [0.15, 0.2) is 0 Å². The van der Waals surface area contributed by atoms with E-state index in [1.54, 1.807) is 24.3 Å². The second-order valence-corrected chi connectivity index (χ2v) is 4.16. The number of alkyl halides is 2. The molecule has 1 unspecified atom stereocenters. The van der Waals surface area contributed by atoms with Crippen LogP contribution >= 0.6 is 0 Å². The lowest BCUT2D eigenvalue weighted by molar-refractivity contribution is -0.121. The molecule has 1 amide bonds. The Labute approximate surface area is 103 Å². The molecular weight excluding hydrogens is 240 g/mol. The largest absolute Gasteiger partial charge is 0.330 e. The molecule has 0 bridgehead atoms. The van der Waals surface area contributed by atoms with Gasteiger partial charge in [0.25, 0.3) is 0 Å². The lowest BCUT2D eigenvalue weighted by Crippen LogP contribution is -2.31. The summed E-state index contributed by atoms with van der Waals surface area (Å²) in [7, 11) is 0. The smallest absolute Gasteiger partial charge is 0.312 e.